The lowest BCUT2D eigenvalue weighted by molar-refractivity contribution is 0.0461. The first-order chi connectivity index (χ1) is 11.7. The van der Waals surface area contributed by atoms with E-state index in [2.05, 4.69) is 10.00 Å². The van der Waals surface area contributed by atoms with E-state index in [1.165, 1.54) is 12.8 Å². The first-order valence-electron chi connectivity index (χ1n) is 8.83. The lowest BCUT2D eigenvalue weighted by atomic mass is 10.0. The standard InChI is InChI=1S/C18H27N3O3/c22-16(14-21-10-5-8-19-21)13-20-9-3-1-2-6-15(20)12-17(23)18-7-4-11-24-18/h4-5,7-8,10-11,15-17,22-23H,1-3,6,9,12-14H2/t15-,16+,17-/m1/s1. The summed E-state index contributed by atoms with van der Waals surface area (Å²) in [6.07, 6.45) is 9.33. The van der Waals surface area contributed by atoms with Gasteiger partial charge in [0.25, 0.3) is 0 Å². The summed E-state index contributed by atoms with van der Waals surface area (Å²) in [5, 5.41) is 25.0. The second kappa shape index (κ2) is 8.46. The number of nitrogens with zero attached hydrogens (tertiary/aromatic N) is 3. The van der Waals surface area contributed by atoms with Crippen molar-refractivity contribution in [3.63, 3.8) is 0 Å². The van der Waals surface area contributed by atoms with Gasteiger partial charge in [-0.1, -0.05) is 12.8 Å². The SMILES string of the molecule is O[C@@H](CN1CCCCC[C@@H]1C[C@@H](O)c1ccco1)Cn1cccn1. The van der Waals surface area contributed by atoms with E-state index in [4.69, 9.17) is 4.42 Å². The Hall–Kier alpha value is -1.63. The first kappa shape index (κ1) is 17.2. The number of aromatic nitrogens is 2. The van der Waals surface area contributed by atoms with Gasteiger partial charge in [0.1, 0.15) is 11.9 Å². The van der Waals surface area contributed by atoms with Crippen LogP contribution in [-0.2, 0) is 6.54 Å². The van der Waals surface area contributed by atoms with E-state index in [9.17, 15) is 10.2 Å². The monoisotopic (exact) mass is 333 g/mol. The van der Waals surface area contributed by atoms with Crippen LogP contribution in [0.5, 0.6) is 0 Å². The number of aliphatic hydroxyl groups excluding tert-OH is 2. The average molecular weight is 333 g/mol. The van der Waals surface area contributed by atoms with Gasteiger partial charge >= 0.3 is 0 Å². The number of β-amino-alcohol motifs (C(OH)–C–C–N with tert-alkyl or cyclic N) is 1. The lowest BCUT2D eigenvalue weighted by Crippen LogP contribution is -2.42. The van der Waals surface area contributed by atoms with Gasteiger partial charge in [-0.25, -0.2) is 0 Å². The zero-order valence-electron chi connectivity index (χ0n) is 14.0. The quantitative estimate of drug-likeness (QED) is 0.812. The van der Waals surface area contributed by atoms with E-state index >= 15 is 0 Å². The number of hydrogen-bond donors (Lipinski definition) is 2. The molecule has 6 nitrogen and oxygen atoms in total. The fraction of sp³-hybridized carbons (Fsp3) is 0.611. The van der Waals surface area contributed by atoms with Gasteiger partial charge in [0.2, 0.25) is 0 Å². The van der Waals surface area contributed by atoms with Gasteiger partial charge in [0.05, 0.1) is 18.9 Å². The van der Waals surface area contributed by atoms with Gasteiger partial charge in [-0.3, -0.25) is 9.58 Å². The van der Waals surface area contributed by atoms with Crippen LogP contribution in [0.25, 0.3) is 0 Å². The van der Waals surface area contributed by atoms with E-state index in [0.717, 1.165) is 19.4 Å². The summed E-state index contributed by atoms with van der Waals surface area (Å²) in [7, 11) is 0. The van der Waals surface area contributed by atoms with Crippen LogP contribution in [0.15, 0.2) is 41.3 Å². The third-order valence-electron chi connectivity index (χ3n) is 4.77. The van der Waals surface area contributed by atoms with Crippen molar-refractivity contribution in [1.82, 2.24) is 14.7 Å². The van der Waals surface area contributed by atoms with Crippen molar-refractivity contribution in [2.24, 2.45) is 0 Å². The summed E-state index contributed by atoms with van der Waals surface area (Å²) >= 11 is 0. The highest BCUT2D eigenvalue weighted by Gasteiger charge is 2.26. The van der Waals surface area contributed by atoms with E-state index in [-0.39, 0.29) is 6.04 Å². The minimum atomic E-state index is -0.589. The Bertz CT molecular complexity index is 570. The number of hydrogen-bond acceptors (Lipinski definition) is 5. The summed E-state index contributed by atoms with van der Waals surface area (Å²) in [5.74, 6) is 0.622. The Morgan fingerprint density at radius 3 is 2.88 bits per heavy atom. The number of furan rings is 1. The van der Waals surface area contributed by atoms with Gasteiger partial charge in [0, 0.05) is 25.0 Å². The van der Waals surface area contributed by atoms with Crippen molar-refractivity contribution in [1.29, 1.82) is 0 Å². The number of rotatable bonds is 7. The molecule has 0 spiro atoms. The summed E-state index contributed by atoms with van der Waals surface area (Å²) in [6.45, 7) is 2.07. The molecule has 132 valence electrons. The fourth-order valence-electron chi connectivity index (χ4n) is 3.55. The van der Waals surface area contributed by atoms with Crippen molar-refractivity contribution in [3.8, 4) is 0 Å². The van der Waals surface area contributed by atoms with Gasteiger partial charge in [-0.2, -0.15) is 5.10 Å². The second-order valence-electron chi connectivity index (χ2n) is 6.65. The Kier molecular flexibility index (Phi) is 6.07. The molecule has 0 amide bonds. The van der Waals surface area contributed by atoms with Crippen LogP contribution in [0.4, 0.5) is 0 Å². The molecule has 0 aliphatic carbocycles. The van der Waals surface area contributed by atoms with E-state index in [1.807, 2.05) is 18.3 Å². The molecule has 1 aliphatic heterocycles. The minimum absolute atomic E-state index is 0.264. The summed E-state index contributed by atoms with van der Waals surface area (Å²) in [4.78, 5) is 2.33. The molecule has 1 aliphatic rings. The normalized spacial score (nSPS) is 22.2. The summed E-state index contributed by atoms with van der Waals surface area (Å²) in [5.41, 5.74) is 0. The fourth-order valence-corrected chi connectivity index (χ4v) is 3.55. The Balaban J connectivity index is 1.59. The molecule has 3 atom stereocenters. The van der Waals surface area contributed by atoms with Crippen molar-refractivity contribution in [2.45, 2.75) is 56.9 Å². The molecule has 6 heteroatoms. The van der Waals surface area contributed by atoms with Crippen molar-refractivity contribution < 1.29 is 14.6 Å². The van der Waals surface area contributed by atoms with Crippen LogP contribution in [0.1, 0.15) is 44.0 Å². The highest BCUT2D eigenvalue weighted by molar-refractivity contribution is 5.02. The third kappa shape index (κ3) is 4.69. The van der Waals surface area contributed by atoms with Crippen LogP contribution in [0.3, 0.4) is 0 Å². The molecular formula is C18H27N3O3. The van der Waals surface area contributed by atoms with Gasteiger partial charge in [-0.05, 0) is 44.0 Å². The molecule has 24 heavy (non-hydrogen) atoms. The zero-order valence-corrected chi connectivity index (χ0v) is 14.0. The molecule has 0 radical (unpaired) electrons. The highest BCUT2D eigenvalue weighted by atomic mass is 16.4. The second-order valence-corrected chi connectivity index (χ2v) is 6.65. The highest BCUT2D eigenvalue weighted by Crippen LogP contribution is 2.26. The summed E-state index contributed by atoms with van der Waals surface area (Å²) in [6, 6.07) is 5.75. The topological polar surface area (TPSA) is 74.7 Å². The van der Waals surface area contributed by atoms with Crippen LogP contribution in [0.2, 0.25) is 0 Å². The molecule has 2 aromatic heterocycles. The van der Waals surface area contributed by atoms with Crippen molar-refractivity contribution in [2.75, 3.05) is 13.1 Å². The molecule has 3 rings (SSSR count). The maximum Gasteiger partial charge on any atom is 0.132 e. The Morgan fingerprint density at radius 2 is 2.12 bits per heavy atom. The van der Waals surface area contributed by atoms with E-state index in [1.54, 1.807) is 23.2 Å². The van der Waals surface area contributed by atoms with Crippen LogP contribution in [0, 0.1) is 0 Å². The van der Waals surface area contributed by atoms with Gasteiger partial charge in [-0.15, -0.1) is 0 Å². The average Bonchev–Trinajstić information content (AvgIpc) is 3.22. The van der Waals surface area contributed by atoms with E-state index < -0.39 is 12.2 Å². The molecule has 0 bridgehead atoms. The first-order valence-corrected chi connectivity index (χ1v) is 8.83. The van der Waals surface area contributed by atoms with Gasteiger partial charge < -0.3 is 14.6 Å². The zero-order chi connectivity index (χ0) is 16.8. The van der Waals surface area contributed by atoms with Crippen molar-refractivity contribution >= 4 is 0 Å². The Morgan fingerprint density at radius 1 is 1.21 bits per heavy atom. The number of aliphatic hydroxyl groups is 2. The molecule has 0 saturated carbocycles. The Labute approximate surface area is 142 Å². The van der Waals surface area contributed by atoms with Crippen LogP contribution >= 0.6 is 0 Å². The molecule has 2 aromatic rings. The molecule has 0 unspecified atom stereocenters. The van der Waals surface area contributed by atoms with E-state index in [0.29, 0.717) is 25.3 Å². The molecule has 0 aromatic carbocycles. The predicted molar refractivity (Wildman–Crippen MR) is 90.3 cm³/mol. The maximum absolute atomic E-state index is 10.4. The largest absolute Gasteiger partial charge is 0.467 e. The lowest BCUT2D eigenvalue weighted by Gasteiger charge is -2.32. The van der Waals surface area contributed by atoms with Crippen LogP contribution < -0.4 is 0 Å². The maximum atomic E-state index is 10.4. The third-order valence-corrected chi connectivity index (χ3v) is 4.77. The molecule has 1 saturated heterocycles. The summed E-state index contributed by atoms with van der Waals surface area (Å²) < 4.78 is 7.08. The van der Waals surface area contributed by atoms with Gasteiger partial charge in [0.15, 0.2) is 0 Å². The molecule has 3 heterocycles. The minimum Gasteiger partial charge on any atom is -0.467 e. The van der Waals surface area contributed by atoms with Crippen molar-refractivity contribution in [3.05, 3.63) is 42.6 Å². The predicted octanol–water partition coefficient (Wildman–Crippen LogP) is 2.21. The smallest absolute Gasteiger partial charge is 0.132 e. The molecular weight excluding hydrogens is 306 g/mol. The number of likely N-dealkylation sites (tertiary alicyclic amines) is 1. The molecule has 2 N–H and O–H groups in total. The molecule has 1 fully saturated rings. The van der Waals surface area contributed by atoms with Crippen LogP contribution in [-0.4, -0.2) is 50.1 Å².